The van der Waals surface area contributed by atoms with Gasteiger partial charge in [-0.05, 0) is 32.6 Å². The zero-order chi connectivity index (χ0) is 12.6. The van der Waals surface area contributed by atoms with Crippen molar-refractivity contribution in [2.24, 2.45) is 5.92 Å². The molecule has 1 aliphatic carbocycles. The molecule has 2 rings (SSSR count). The minimum Gasteiger partial charge on any atom is -0.342 e. The third-order valence-corrected chi connectivity index (χ3v) is 4.04. The van der Waals surface area contributed by atoms with E-state index in [-0.39, 0.29) is 11.8 Å². The van der Waals surface area contributed by atoms with Crippen molar-refractivity contribution < 1.29 is 9.59 Å². The first-order valence-corrected chi connectivity index (χ1v) is 6.54. The molecule has 2 unspecified atom stereocenters. The van der Waals surface area contributed by atoms with E-state index in [1.165, 1.54) is 12.8 Å². The molecule has 0 aromatic heterocycles. The van der Waals surface area contributed by atoms with Crippen molar-refractivity contribution in [3.8, 4) is 0 Å². The molecule has 4 nitrogen and oxygen atoms in total. The van der Waals surface area contributed by atoms with E-state index >= 15 is 0 Å². The summed E-state index contributed by atoms with van der Waals surface area (Å²) >= 11 is 0. The van der Waals surface area contributed by atoms with E-state index in [0.717, 1.165) is 6.42 Å². The summed E-state index contributed by atoms with van der Waals surface area (Å²) in [6.45, 7) is 6.37. The van der Waals surface area contributed by atoms with Crippen LogP contribution in [0.15, 0.2) is 0 Å². The van der Waals surface area contributed by atoms with Crippen molar-refractivity contribution in [2.75, 3.05) is 6.54 Å². The van der Waals surface area contributed by atoms with Crippen LogP contribution in [0.25, 0.3) is 0 Å². The Balaban J connectivity index is 2.21. The topological polar surface area (TPSA) is 49.4 Å². The molecule has 4 heteroatoms. The molecule has 1 N–H and O–H groups in total. The monoisotopic (exact) mass is 238 g/mol. The Morgan fingerprint density at radius 1 is 1.29 bits per heavy atom. The highest BCUT2D eigenvalue weighted by Gasteiger charge is 2.41. The highest BCUT2D eigenvalue weighted by molar-refractivity contribution is 5.93. The van der Waals surface area contributed by atoms with Gasteiger partial charge < -0.3 is 10.2 Å². The summed E-state index contributed by atoms with van der Waals surface area (Å²) in [6, 6.07) is 0.328. The fraction of sp³-hybridized carbons (Fsp3) is 0.846. The van der Waals surface area contributed by atoms with Crippen LogP contribution in [-0.4, -0.2) is 34.8 Å². The third-order valence-electron chi connectivity index (χ3n) is 4.04. The van der Waals surface area contributed by atoms with Gasteiger partial charge in [-0.15, -0.1) is 0 Å². The van der Waals surface area contributed by atoms with Crippen LogP contribution in [0, 0.1) is 5.92 Å². The van der Waals surface area contributed by atoms with Crippen molar-refractivity contribution in [3.05, 3.63) is 0 Å². The SMILES string of the molecule is CC1CCCC1N1CCC(=O)NC(C)(C)C1=O. The van der Waals surface area contributed by atoms with Gasteiger partial charge in [0.05, 0.1) is 0 Å². The molecular weight excluding hydrogens is 216 g/mol. The van der Waals surface area contributed by atoms with Gasteiger partial charge in [-0.1, -0.05) is 13.3 Å². The zero-order valence-electron chi connectivity index (χ0n) is 11.0. The van der Waals surface area contributed by atoms with Crippen LogP contribution in [0.3, 0.4) is 0 Å². The number of nitrogens with zero attached hydrogens (tertiary/aromatic N) is 1. The van der Waals surface area contributed by atoms with Crippen molar-refractivity contribution >= 4 is 11.8 Å². The quantitative estimate of drug-likeness (QED) is 0.748. The van der Waals surface area contributed by atoms with Gasteiger partial charge in [-0.2, -0.15) is 0 Å². The standard InChI is InChI=1S/C13H22N2O2/c1-9-5-4-6-10(9)15-8-7-11(16)14-13(2,3)12(15)17/h9-10H,4-8H2,1-3H3,(H,14,16). The molecule has 17 heavy (non-hydrogen) atoms. The summed E-state index contributed by atoms with van der Waals surface area (Å²) in [7, 11) is 0. The second kappa shape index (κ2) is 4.31. The highest BCUT2D eigenvalue weighted by Crippen LogP contribution is 2.31. The first kappa shape index (κ1) is 12.4. The lowest BCUT2D eigenvalue weighted by atomic mass is 9.99. The molecule has 2 fully saturated rings. The predicted molar refractivity (Wildman–Crippen MR) is 65.4 cm³/mol. The van der Waals surface area contributed by atoms with E-state index < -0.39 is 5.54 Å². The van der Waals surface area contributed by atoms with Crippen molar-refractivity contribution in [2.45, 2.75) is 58.0 Å². The Hall–Kier alpha value is -1.06. The Kier molecular flexibility index (Phi) is 3.15. The van der Waals surface area contributed by atoms with Gasteiger partial charge in [-0.25, -0.2) is 0 Å². The first-order chi connectivity index (χ1) is 7.92. The second-order valence-corrected chi connectivity index (χ2v) is 5.90. The van der Waals surface area contributed by atoms with Gasteiger partial charge in [0.15, 0.2) is 0 Å². The minimum absolute atomic E-state index is 0.0171. The molecule has 2 aliphatic rings. The Bertz CT molecular complexity index is 338. The van der Waals surface area contributed by atoms with Gasteiger partial charge in [-0.3, -0.25) is 9.59 Å². The summed E-state index contributed by atoms with van der Waals surface area (Å²) in [5.41, 5.74) is -0.754. The average molecular weight is 238 g/mol. The van der Waals surface area contributed by atoms with E-state index in [1.807, 2.05) is 4.90 Å². The fourth-order valence-corrected chi connectivity index (χ4v) is 3.05. The molecule has 1 saturated heterocycles. The number of hydrogen-bond donors (Lipinski definition) is 1. The smallest absolute Gasteiger partial charge is 0.248 e. The largest absolute Gasteiger partial charge is 0.342 e. The minimum atomic E-state index is -0.754. The Labute approximate surface area is 103 Å². The molecule has 1 heterocycles. The number of nitrogens with one attached hydrogen (secondary N) is 1. The lowest BCUT2D eigenvalue weighted by Crippen LogP contribution is -2.55. The van der Waals surface area contributed by atoms with E-state index in [9.17, 15) is 9.59 Å². The highest BCUT2D eigenvalue weighted by atomic mass is 16.2. The van der Waals surface area contributed by atoms with Crippen LogP contribution in [0.1, 0.15) is 46.5 Å². The van der Waals surface area contributed by atoms with Gasteiger partial charge in [0.25, 0.3) is 0 Å². The maximum Gasteiger partial charge on any atom is 0.248 e. The summed E-state index contributed by atoms with van der Waals surface area (Å²) < 4.78 is 0. The second-order valence-electron chi connectivity index (χ2n) is 5.90. The number of amides is 2. The van der Waals surface area contributed by atoms with Crippen molar-refractivity contribution in [1.29, 1.82) is 0 Å². The normalized spacial score (nSPS) is 33.5. The maximum atomic E-state index is 12.5. The molecule has 96 valence electrons. The van der Waals surface area contributed by atoms with Crippen LogP contribution in [0.4, 0.5) is 0 Å². The van der Waals surface area contributed by atoms with Crippen LogP contribution in [-0.2, 0) is 9.59 Å². The first-order valence-electron chi connectivity index (χ1n) is 6.54. The molecule has 0 bridgehead atoms. The zero-order valence-corrected chi connectivity index (χ0v) is 11.0. The molecule has 2 amide bonds. The maximum absolute atomic E-state index is 12.5. The van der Waals surface area contributed by atoms with Crippen molar-refractivity contribution in [1.82, 2.24) is 10.2 Å². The lowest BCUT2D eigenvalue weighted by molar-refractivity contribution is -0.140. The fourth-order valence-electron chi connectivity index (χ4n) is 3.05. The van der Waals surface area contributed by atoms with Crippen molar-refractivity contribution in [3.63, 3.8) is 0 Å². The Morgan fingerprint density at radius 2 is 2.00 bits per heavy atom. The number of hydrogen-bond acceptors (Lipinski definition) is 2. The molecule has 1 saturated carbocycles. The van der Waals surface area contributed by atoms with Gasteiger partial charge in [0.2, 0.25) is 11.8 Å². The van der Waals surface area contributed by atoms with Gasteiger partial charge >= 0.3 is 0 Å². The molecule has 2 atom stereocenters. The molecule has 0 aromatic carbocycles. The van der Waals surface area contributed by atoms with Crippen LogP contribution < -0.4 is 5.32 Å². The predicted octanol–water partition coefficient (Wildman–Crippen LogP) is 1.30. The third kappa shape index (κ3) is 2.31. The number of carbonyl (C=O) groups is 2. The van der Waals surface area contributed by atoms with E-state index in [2.05, 4.69) is 12.2 Å². The van der Waals surface area contributed by atoms with E-state index in [1.54, 1.807) is 13.8 Å². The number of rotatable bonds is 1. The van der Waals surface area contributed by atoms with E-state index in [0.29, 0.717) is 24.9 Å². The van der Waals surface area contributed by atoms with E-state index in [4.69, 9.17) is 0 Å². The number of carbonyl (C=O) groups excluding carboxylic acids is 2. The van der Waals surface area contributed by atoms with Crippen LogP contribution in [0.2, 0.25) is 0 Å². The summed E-state index contributed by atoms with van der Waals surface area (Å²) in [5.74, 6) is 0.613. The molecule has 1 aliphatic heterocycles. The van der Waals surface area contributed by atoms with Crippen LogP contribution in [0.5, 0.6) is 0 Å². The molecule has 0 radical (unpaired) electrons. The summed E-state index contributed by atoms with van der Waals surface area (Å²) in [4.78, 5) is 26.0. The Morgan fingerprint density at radius 3 is 2.59 bits per heavy atom. The van der Waals surface area contributed by atoms with Gasteiger partial charge in [0, 0.05) is 19.0 Å². The molecule has 0 spiro atoms. The average Bonchev–Trinajstić information content (AvgIpc) is 2.60. The summed E-state index contributed by atoms with van der Waals surface area (Å²) in [6.07, 6.45) is 3.89. The molecular formula is C13H22N2O2. The molecule has 0 aromatic rings. The summed E-state index contributed by atoms with van der Waals surface area (Å²) in [5, 5.41) is 2.81. The lowest BCUT2D eigenvalue weighted by Gasteiger charge is -2.35. The van der Waals surface area contributed by atoms with Gasteiger partial charge in [0.1, 0.15) is 5.54 Å². The van der Waals surface area contributed by atoms with Crippen LogP contribution >= 0.6 is 0 Å².